The Morgan fingerprint density at radius 2 is 1.93 bits per heavy atom. The number of carboxylic acids is 1. The molecule has 1 amide bonds. The van der Waals surface area contributed by atoms with Gasteiger partial charge in [-0.15, -0.1) is 0 Å². The van der Waals surface area contributed by atoms with Crippen molar-refractivity contribution in [3.8, 4) is 6.07 Å². The smallest absolute Gasteiger partial charge is 0.340 e. The first-order chi connectivity index (χ1) is 13.5. The third-order valence-electron chi connectivity index (χ3n) is 3.53. The number of hydrogen-bond donors (Lipinski definition) is 3. The molecule has 0 saturated carbocycles. The van der Waals surface area contributed by atoms with Crippen LogP contribution < -0.4 is 10.6 Å². The van der Waals surface area contributed by atoms with Gasteiger partial charge >= 0.3 is 11.9 Å². The maximum atomic E-state index is 12.4. The average molecular weight is 379 g/mol. The second-order valence-electron chi connectivity index (χ2n) is 5.42. The van der Waals surface area contributed by atoms with Crippen LogP contribution in [0.15, 0.2) is 60.3 Å². The molecule has 8 nitrogen and oxygen atoms in total. The van der Waals surface area contributed by atoms with Crippen molar-refractivity contribution in [2.24, 2.45) is 0 Å². The van der Waals surface area contributed by atoms with Crippen molar-refractivity contribution in [1.29, 1.82) is 5.26 Å². The van der Waals surface area contributed by atoms with Crippen LogP contribution in [0.1, 0.15) is 27.6 Å². The van der Waals surface area contributed by atoms with Crippen molar-refractivity contribution in [2.45, 2.75) is 6.92 Å². The number of anilines is 2. The number of esters is 1. The van der Waals surface area contributed by atoms with E-state index in [0.29, 0.717) is 5.69 Å². The van der Waals surface area contributed by atoms with Gasteiger partial charge in [0.1, 0.15) is 11.6 Å². The van der Waals surface area contributed by atoms with Crippen molar-refractivity contribution in [1.82, 2.24) is 0 Å². The number of carboxylic acid groups (broad SMARTS) is 1. The van der Waals surface area contributed by atoms with Crippen molar-refractivity contribution < 1.29 is 24.2 Å². The Bertz CT molecular complexity index is 976. The van der Waals surface area contributed by atoms with Crippen LogP contribution in [0.2, 0.25) is 0 Å². The quantitative estimate of drug-likeness (QED) is 0.383. The number of carbonyl (C=O) groups excluding carboxylic acids is 2. The highest BCUT2D eigenvalue weighted by Crippen LogP contribution is 2.17. The summed E-state index contributed by atoms with van der Waals surface area (Å²) in [6.07, 6.45) is 1.16. The summed E-state index contributed by atoms with van der Waals surface area (Å²) in [5, 5.41) is 23.5. The Morgan fingerprint density at radius 3 is 2.61 bits per heavy atom. The van der Waals surface area contributed by atoms with E-state index < -0.39 is 17.8 Å². The largest absolute Gasteiger partial charge is 0.478 e. The van der Waals surface area contributed by atoms with E-state index in [1.807, 2.05) is 0 Å². The fraction of sp³-hybridized carbons (Fsp3) is 0.100. The second-order valence-corrected chi connectivity index (χ2v) is 5.42. The summed E-state index contributed by atoms with van der Waals surface area (Å²) in [4.78, 5) is 35.4. The van der Waals surface area contributed by atoms with E-state index in [2.05, 4.69) is 10.6 Å². The van der Waals surface area contributed by atoms with Gasteiger partial charge in [-0.1, -0.05) is 18.2 Å². The van der Waals surface area contributed by atoms with Crippen molar-refractivity contribution in [3.63, 3.8) is 0 Å². The predicted molar refractivity (Wildman–Crippen MR) is 102 cm³/mol. The number of amides is 1. The summed E-state index contributed by atoms with van der Waals surface area (Å²) >= 11 is 0. The van der Waals surface area contributed by atoms with Gasteiger partial charge in [0.05, 0.1) is 23.4 Å². The number of carbonyl (C=O) groups is 3. The lowest BCUT2D eigenvalue weighted by molar-refractivity contribution is -0.112. The van der Waals surface area contributed by atoms with E-state index in [9.17, 15) is 19.6 Å². The molecule has 2 aromatic carbocycles. The van der Waals surface area contributed by atoms with E-state index >= 15 is 0 Å². The van der Waals surface area contributed by atoms with Crippen LogP contribution in [-0.4, -0.2) is 29.6 Å². The summed E-state index contributed by atoms with van der Waals surface area (Å²) in [7, 11) is 0. The molecule has 0 aliphatic carbocycles. The maximum absolute atomic E-state index is 12.4. The lowest BCUT2D eigenvalue weighted by Crippen LogP contribution is -2.17. The summed E-state index contributed by atoms with van der Waals surface area (Å²) in [5.74, 6) is -2.42. The monoisotopic (exact) mass is 379 g/mol. The molecule has 142 valence electrons. The Hall–Kier alpha value is -4.12. The normalized spacial score (nSPS) is 10.5. The Kier molecular flexibility index (Phi) is 6.88. The predicted octanol–water partition coefficient (Wildman–Crippen LogP) is 3.02. The number of nitrogens with one attached hydrogen (secondary N) is 2. The molecular formula is C20H17N3O5. The zero-order valence-corrected chi connectivity index (χ0v) is 14.9. The van der Waals surface area contributed by atoms with Gasteiger partial charge in [-0.2, -0.15) is 5.26 Å². The van der Waals surface area contributed by atoms with Gasteiger partial charge < -0.3 is 20.5 Å². The van der Waals surface area contributed by atoms with E-state index in [0.717, 1.165) is 6.20 Å². The molecule has 0 aliphatic rings. The number of rotatable bonds is 7. The molecule has 0 bridgehead atoms. The molecule has 0 radical (unpaired) electrons. The summed E-state index contributed by atoms with van der Waals surface area (Å²) < 4.78 is 4.94. The molecule has 2 aromatic rings. The molecule has 8 heteroatoms. The van der Waals surface area contributed by atoms with Crippen LogP contribution in [0.25, 0.3) is 0 Å². The minimum atomic E-state index is -1.10. The third-order valence-corrected chi connectivity index (χ3v) is 3.53. The molecule has 28 heavy (non-hydrogen) atoms. The van der Waals surface area contributed by atoms with Crippen LogP contribution >= 0.6 is 0 Å². The van der Waals surface area contributed by atoms with Gasteiger partial charge in [0.25, 0.3) is 5.91 Å². The molecule has 0 aromatic heterocycles. The first-order valence-corrected chi connectivity index (χ1v) is 8.24. The standard InChI is InChI=1S/C20H17N3O5/c1-2-28-20(27)16-8-3-4-9-17(16)23-18(24)14(11-21)12-22-15-7-5-6-13(10-15)19(25)26/h3-10,12,22H,2H2,1H3,(H,23,24)(H,25,26)/b14-12-. The molecule has 0 aliphatic heterocycles. The number of para-hydroxylation sites is 1. The van der Waals surface area contributed by atoms with Crippen molar-refractivity contribution in [2.75, 3.05) is 17.2 Å². The van der Waals surface area contributed by atoms with E-state index in [-0.39, 0.29) is 29.0 Å². The summed E-state index contributed by atoms with van der Waals surface area (Å²) in [5.41, 5.74) is 0.563. The third kappa shape index (κ3) is 5.19. The van der Waals surface area contributed by atoms with Crippen LogP contribution in [0, 0.1) is 11.3 Å². The summed E-state index contributed by atoms with van der Waals surface area (Å²) in [6.45, 7) is 1.85. The van der Waals surface area contributed by atoms with Gasteiger partial charge in [0, 0.05) is 11.9 Å². The van der Waals surface area contributed by atoms with Crippen LogP contribution in [0.4, 0.5) is 11.4 Å². The van der Waals surface area contributed by atoms with Crippen LogP contribution in [0.5, 0.6) is 0 Å². The SMILES string of the molecule is CCOC(=O)c1ccccc1NC(=O)/C(C#N)=C\Nc1cccc(C(=O)O)c1. The van der Waals surface area contributed by atoms with Gasteiger partial charge in [0.15, 0.2) is 0 Å². The van der Waals surface area contributed by atoms with E-state index in [1.165, 1.54) is 30.3 Å². The highest BCUT2D eigenvalue weighted by molar-refractivity contribution is 6.09. The Morgan fingerprint density at radius 1 is 1.18 bits per heavy atom. The first kappa shape index (κ1) is 20.2. The zero-order chi connectivity index (χ0) is 20.5. The number of benzene rings is 2. The molecule has 0 saturated heterocycles. The lowest BCUT2D eigenvalue weighted by atomic mass is 10.1. The number of hydrogen-bond acceptors (Lipinski definition) is 6. The van der Waals surface area contributed by atoms with Gasteiger partial charge in [-0.25, -0.2) is 9.59 Å². The highest BCUT2D eigenvalue weighted by Gasteiger charge is 2.16. The molecule has 0 unspecified atom stereocenters. The van der Waals surface area contributed by atoms with E-state index in [1.54, 1.807) is 31.2 Å². The minimum Gasteiger partial charge on any atom is -0.478 e. The number of nitriles is 1. The van der Waals surface area contributed by atoms with Crippen LogP contribution in [-0.2, 0) is 9.53 Å². The molecule has 0 atom stereocenters. The Balaban J connectivity index is 2.18. The molecule has 0 spiro atoms. The fourth-order valence-electron chi connectivity index (χ4n) is 2.21. The molecule has 0 fully saturated rings. The van der Waals surface area contributed by atoms with Crippen LogP contribution in [0.3, 0.4) is 0 Å². The number of nitrogens with zero attached hydrogens (tertiary/aromatic N) is 1. The van der Waals surface area contributed by atoms with Gasteiger partial charge in [-0.05, 0) is 37.3 Å². The highest BCUT2D eigenvalue weighted by atomic mass is 16.5. The molecule has 0 heterocycles. The van der Waals surface area contributed by atoms with Crippen molar-refractivity contribution in [3.05, 3.63) is 71.4 Å². The zero-order valence-electron chi connectivity index (χ0n) is 14.9. The fourth-order valence-corrected chi connectivity index (χ4v) is 2.21. The van der Waals surface area contributed by atoms with E-state index in [4.69, 9.17) is 9.84 Å². The second kappa shape index (κ2) is 9.54. The molecule has 2 rings (SSSR count). The lowest BCUT2D eigenvalue weighted by Gasteiger charge is -2.10. The first-order valence-electron chi connectivity index (χ1n) is 8.24. The minimum absolute atomic E-state index is 0.0599. The maximum Gasteiger partial charge on any atom is 0.340 e. The van der Waals surface area contributed by atoms with Gasteiger partial charge in [-0.3, -0.25) is 4.79 Å². The average Bonchev–Trinajstić information content (AvgIpc) is 2.69. The summed E-state index contributed by atoms with van der Waals surface area (Å²) in [6, 6.07) is 13.9. The topological polar surface area (TPSA) is 129 Å². The molecule has 3 N–H and O–H groups in total. The molecular weight excluding hydrogens is 362 g/mol. The van der Waals surface area contributed by atoms with Gasteiger partial charge in [0.2, 0.25) is 0 Å². The van der Waals surface area contributed by atoms with Crippen molar-refractivity contribution >= 4 is 29.2 Å². The number of aromatic carboxylic acids is 1. The Labute approximate surface area is 161 Å². The number of ether oxygens (including phenoxy) is 1.